The normalized spacial score (nSPS) is 10.8. The standard InChI is InChI=1S/C17H15FN2OS3/c1-20(9-14-3-2-8-22-14)16(21)11-24-17-19-15(10-23-17)12-4-6-13(18)7-5-12/h2-8,10H,9,11H2,1H3. The zero-order valence-electron chi connectivity index (χ0n) is 12.9. The van der Waals surface area contributed by atoms with E-state index in [1.807, 2.05) is 29.9 Å². The van der Waals surface area contributed by atoms with Crippen LogP contribution in [0.2, 0.25) is 0 Å². The highest BCUT2D eigenvalue weighted by atomic mass is 32.2. The number of hydrogen-bond acceptors (Lipinski definition) is 5. The van der Waals surface area contributed by atoms with Gasteiger partial charge in [0.25, 0.3) is 0 Å². The molecule has 0 aliphatic rings. The fraction of sp³-hybridized carbons (Fsp3) is 0.176. The number of carbonyl (C=O) groups is 1. The van der Waals surface area contributed by atoms with Crippen molar-refractivity contribution in [2.75, 3.05) is 12.8 Å². The Kier molecular flexibility index (Phi) is 5.65. The van der Waals surface area contributed by atoms with E-state index in [9.17, 15) is 9.18 Å². The molecule has 124 valence electrons. The predicted molar refractivity (Wildman–Crippen MR) is 99.0 cm³/mol. The molecular formula is C17H15FN2OS3. The number of hydrogen-bond donors (Lipinski definition) is 0. The number of thiazole rings is 1. The van der Waals surface area contributed by atoms with Gasteiger partial charge in [-0.2, -0.15) is 0 Å². The zero-order chi connectivity index (χ0) is 16.9. The van der Waals surface area contributed by atoms with E-state index < -0.39 is 0 Å². The second kappa shape index (κ2) is 7.92. The molecule has 1 amide bonds. The maximum Gasteiger partial charge on any atom is 0.233 e. The van der Waals surface area contributed by atoms with Gasteiger partial charge in [-0.05, 0) is 35.7 Å². The Hall–Kier alpha value is -1.70. The summed E-state index contributed by atoms with van der Waals surface area (Å²) < 4.78 is 13.8. The van der Waals surface area contributed by atoms with Crippen molar-refractivity contribution >= 4 is 40.3 Å². The van der Waals surface area contributed by atoms with Crippen molar-refractivity contribution in [1.29, 1.82) is 0 Å². The lowest BCUT2D eigenvalue weighted by Crippen LogP contribution is -2.27. The molecule has 0 spiro atoms. The Bertz CT molecular complexity index is 800. The Balaban J connectivity index is 1.55. The Labute approximate surface area is 152 Å². The van der Waals surface area contributed by atoms with E-state index in [1.165, 1.54) is 40.1 Å². The van der Waals surface area contributed by atoms with Crippen LogP contribution in [0.4, 0.5) is 4.39 Å². The van der Waals surface area contributed by atoms with Crippen molar-refractivity contribution in [2.24, 2.45) is 0 Å². The average Bonchev–Trinajstić information content (AvgIpc) is 3.25. The summed E-state index contributed by atoms with van der Waals surface area (Å²) in [5.74, 6) is 0.174. The fourth-order valence-corrected chi connectivity index (χ4v) is 4.57. The minimum atomic E-state index is -0.261. The molecule has 1 aromatic carbocycles. The molecule has 0 aliphatic carbocycles. The SMILES string of the molecule is CN(Cc1cccs1)C(=O)CSc1nc(-c2ccc(F)cc2)cs1. The Morgan fingerprint density at radius 3 is 2.75 bits per heavy atom. The summed E-state index contributed by atoms with van der Waals surface area (Å²) in [6.07, 6.45) is 0. The van der Waals surface area contributed by atoms with Gasteiger partial charge < -0.3 is 4.90 Å². The third kappa shape index (κ3) is 4.43. The minimum Gasteiger partial charge on any atom is -0.340 e. The molecule has 0 radical (unpaired) electrons. The monoisotopic (exact) mass is 378 g/mol. The highest BCUT2D eigenvalue weighted by molar-refractivity contribution is 8.01. The molecule has 0 N–H and O–H groups in total. The number of aromatic nitrogens is 1. The van der Waals surface area contributed by atoms with Gasteiger partial charge in [-0.1, -0.05) is 17.8 Å². The summed E-state index contributed by atoms with van der Waals surface area (Å²) in [5.41, 5.74) is 1.68. The first-order chi connectivity index (χ1) is 11.6. The zero-order valence-corrected chi connectivity index (χ0v) is 15.4. The van der Waals surface area contributed by atoms with Crippen LogP contribution >= 0.6 is 34.4 Å². The quantitative estimate of drug-likeness (QED) is 0.580. The molecule has 7 heteroatoms. The van der Waals surface area contributed by atoms with E-state index in [4.69, 9.17) is 0 Å². The first kappa shape index (κ1) is 17.1. The summed E-state index contributed by atoms with van der Waals surface area (Å²) in [7, 11) is 1.81. The lowest BCUT2D eigenvalue weighted by Gasteiger charge is -2.15. The first-order valence-corrected chi connectivity index (χ1v) is 9.97. The highest BCUT2D eigenvalue weighted by Gasteiger charge is 2.12. The molecule has 2 aromatic heterocycles. The van der Waals surface area contributed by atoms with Crippen LogP contribution in [0.15, 0.2) is 51.5 Å². The maximum absolute atomic E-state index is 13.0. The molecule has 0 aliphatic heterocycles. The van der Waals surface area contributed by atoms with Gasteiger partial charge in [0.15, 0.2) is 4.34 Å². The van der Waals surface area contributed by atoms with Crippen molar-refractivity contribution in [3.63, 3.8) is 0 Å². The highest BCUT2D eigenvalue weighted by Crippen LogP contribution is 2.28. The molecule has 0 saturated heterocycles. The van der Waals surface area contributed by atoms with Gasteiger partial charge >= 0.3 is 0 Å². The number of halogens is 1. The largest absolute Gasteiger partial charge is 0.340 e. The second-order valence-corrected chi connectivity index (χ2v) is 8.24. The van der Waals surface area contributed by atoms with Crippen LogP contribution in [0.3, 0.4) is 0 Å². The minimum absolute atomic E-state index is 0.0759. The summed E-state index contributed by atoms with van der Waals surface area (Å²) in [6, 6.07) is 10.3. The van der Waals surface area contributed by atoms with Crippen LogP contribution in [-0.2, 0) is 11.3 Å². The number of nitrogens with zero attached hydrogens (tertiary/aromatic N) is 2. The summed E-state index contributed by atoms with van der Waals surface area (Å²) >= 11 is 4.58. The van der Waals surface area contributed by atoms with Gasteiger partial charge in [0.1, 0.15) is 5.82 Å². The van der Waals surface area contributed by atoms with Gasteiger partial charge in [-0.3, -0.25) is 4.79 Å². The molecule has 2 heterocycles. The summed E-state index contributed by atoms with van der Waals surface area (Å²) in [6.45, 7) is 0.635. The van der Waals surface area contributed by atoms with Gasteiger partial charge in [0, 0.05) is 22.9 Å². The number of amides is 1. The molecule has 0 atom stereocenters. The third-order valence-corrected chi connectivity index (χ3v) is 6.21. The molecule has 3 aromatic rings. The van der Waals surface area contributed by atoms with Crippen molar-refractivity contribution in [3.8, 4) is 11.3 Å². The van der Waals surface area contributed by atoms with Crippen molar-refractivity contribution in [3.05, 3.63) is 57.9 Å². The number of thioether (sulfide) groups is 1. The van der Waals surface area contributed by atoms with Crippen LogP contribution in [-0.4, -0.2) is 28.6 Å². The molecular weight excluding hydrogens is 363 g/mol. The van der Waals surface area contributed by atoms with E-state index >= 15 is 0 Å². The van der Waals surface area contributed by atoms with E-state index in [2.05, 4.69) is 4.98 Å². The molecule has 0 unspecified atom stereocenters. The van der Waals surface area contributed by atoms with Crippen LogP contribution in [0.25, 0.3) is 11.3 Å². The number of benzene rings is 1. The van der Waals surface area contributed by atoms with Gasteiger partial charge in [0.05, 0.1) is 18.0 Å². The van der Waals surface area contributed by atoms with E-state index in [-0.39, 0.29) is 11.7 Å². The van der Waals surface area contributed by atoms with Gasteiger partial charge in [0.2, 0.25) is 5.91 Å². The maximum atomic E-state index is 13.0. The van der Waals surface area contributed by atoms with Gasteiger partial charge in [-0.25, -0.2) is 9.37 Å². The second-order valence-electron chi connectivity index (χ2n) is 5.12. The van der Waals surface area contributed by atoms with Crippen LogP contribution in [0.5, 0.6) is 0 Å². The number of rotatable bonds is 6. The predicted octanol–water partition coefficient (Wildman–Crippen LogP) is 4.76. The van der Waals surface area contributed by atoms with Gasteiger partial charge in [-0.15, -0.1) is 22.7 Å². The van der Waals surface area contributed by atoms with Crippen LogP contribution < -0.4 is 0 Å². The van der Waals surface area contributed by atoms with E-state index in [1.54, 1.807) is 28.4 Å². The number of thiophene rings is 1. The third-order valence-electron chi connectivity index (χ3n) is 3.34. The van der Waals surface area contributed by atoms with E-state index in [0.717, 1.165) is 15.6 Å². The van der Waals surface area contributed by atoms with Crippen LogP contribution in [0.1, 0.15) is 4.88 Å². The fourth-order valence-electron chi connectivity index (χ4n) is 2.03. The summed E-state index contributed by atoms with van der Waals surface area (Å²) in [4.78, 5) is 19.6. The smallest absolute Gasteiger partial charge is 0.233 e. The average molecular weight is 379 g/mol. The van der Waals surface area contributed by atoms with Crippen molar-refractivity contribution in [1.82, 2.24) is 9.88 Å². The lowest BCUT2D eigenvalue weighted by atomic mass is 10.2. The number of carbonyl (C=O) groups excluding carboxylic acids is 1. The molecule has 3 nitrogen and oxygen atoms in total. The lowest BCUT2D eigenvalue weighted by molar-refractivity contribution is -0.127. The Morgan fingerprint density at radius 2 is 2.04 bits per heavy atom. The summed E-state index contributed by atoms with van der Waals surface area (Å²) in [5, 5.41) is 3.93. The molecule has 3 rings (SSSR count). The van der Waals surface area contributed by atoms with Crippen molar-refractivity contribution in [2.45, 2.75) is 10.9 Å². The van der Waals surface area contributed by atoms with E-state index in [0.29, 0.717) is 12.3 Å². The van der Waals surface area contributed by atoms with Crippen LogP contribution in [0, 0.1) is 5.82 Å². The molecule has 0 saturated carbocycles. The molecule has 24 heavy (non-hydrogen) atoms. The first-order valence-electron chi connectivity index (χ1n) is 7.22. The molecule has 0 bridgehead atoms. The topological polar surface area (TPSA) is 33.2 Å². The van der Waals surface area contributed by atoms with Crippen molar-refractivity contribution < 1.29 is 9.18 Å². The molecule has 0 fully saturated rings. The Morgan fingerprint density at radius 1 is 1.25 bits per heavy atom.